The molecule has 156 valence electrons. The van der Waals surface area contributed by atoms with Gasteiger partial charge in [-0.05, 0) is 37.9 Å². The Labute approximate surface area is 172 Å². The molecule has 0 saturated heterocycles. The number of nitrogens with one attached hydrogen (secondary N) is 3. The van der Waals surface area contributed by atoms with Gasteiger partial charge in [0.25, 0.3) is 5.91 Å². The summed E-state index contributed by atoms with van der Waals surface area (Å²) in [4.78, 5) is 43.1. The average Bonchev–Trinajstić information content (AvgIpc) is 3.01. The number of amides is 3. The molecule has 1 aliphatic heterocycles. The lowest BCUT2D eigenvalue weighted by Crippen LogP contribution is -2.57. The zero-order valence-electron chi connectivity index (χ0n) is 17.0. The fourth-order valence-electron chi connectivity index (χ4n) is 3.11. The molecule has 0 spiro atoms. The van der Waals surface area contributed by atoms with Gasteiger partial charge in [-0.3, -0.25) is 19.3 Å². The van der Waals surface area contributed by atoms with Crippen molar-refractivity contribution in [1.82, 2.24) is 20.9 Å². The Morgan fingerprint density at radius 3 is 2.54 bits per heavy atom. The molecule has 0 aliphatic carbocycles. The second kappa shape index (κ2) is 10.4. The third-order valence-corrected chi connectivity index (χ3v) is 4.80. The highest BCUT2D eigenvalue weighted by molar-refractivity contribution is 6.01. The summed E-state index contributed by atoms with van der Waals surface area (Å²) in [5.74, 6) is -0.0974. The number of carbonyl (C=O) groups is 3. The predicted octanol–water partition coefficient (Wildman–Crippen LogP) is 0.646. The number of rotatable bonds is 7. The number of hydrogen-bond donors (Lipinski definition) is 3. The highest BCUT2D eigenvalue weighted by atomic mass is 35.5. The largest absolute Gasteiger partial charge is 0.354 e. The van der Waals surface area contributed by atoms with E-state index in [0.29, 0.717) is 18.8 Å². The maximum Gasteiger partial charge on any atom is 0.251 e. The molecule has 1 aromatic heterocycles. The summed E-state index contributed by atoms with van der Waals surface area (Å²) >= 11 is 0. The minimum atomic E-state index is -0.680. The van der Waals surface area contributed by atoms with Crippen LogP contribution >= 0.6 is 12.4 Å². The van der Waals surface area contributed by atoms with Gasteiger partial charge in [0, 0.05) is 19.7 Å². The van der Waals surface area contributed by atoms with Crippen LogP contribution in [0.2, 0.25) is 0 Å². The van der Waals surface area contributed by atoms with E-state index >= 15 is 0 Å². The van der Waals surface area contributed by atoms with Gasteiger partial charge in [0.2, 0.25) is 11.8 Å². The smallest absolute Gasteiger partial charge is 0.251 e. The lowest BCUT2D eigenvalue weighted by Gasteiger charge is -2.31. The molecule has 9 heteroatoms. The normalized spacial score (nSPS) is 17.4. The van der Waals surface area contributed by atoms with E-state index in [0.717, 1.165) is 5.56 Å². The molecule has 2 rings (SSSR count). The van der Waals surface area contributed by atoms with Gasteiger partial charge < -0.3 is 16.0 Å². The Balaban J connectivity index is 0.00000392. The van der Waals surface area contributed by atoms with Crippen LogP contribution in [0.5, 0.6) is 0 Å². The quantitative estimate of drug-likeness (QED) is 0.611. The first-order valence-electron chi connectivity index (χ1n) is 9.25. The Hall–Kier alpha value is -2.19. The van der Waals surface area contributed by atoms with Crippen molar-refractivity contribution in [2.75, 3.05) is 18.5 Å². The Morgan fingerprint density at radius 1 is 1.29 bits per heavy atom. The van der Waals surface area contributed by atoms with Crippen molar-refractivity contribution in [2.45, 2.75) is 52.2 Å². The number of pyridine rings is 1. The number of aromatic nitrogens is 1. The van der Waals surface area contributed by atoms with E-state index in [9.17, 15) is 14.4 Å². The first-order valence-corrected chi connectivity index (χ1v) is 9.25. The molecule has 28 heavy (non-hydrogen) atoms. The van der Waals surface area contributed by atoms with Crippen LogP contribution in [0, 0.1) is 5.92 Å². The summed E-state index contributed by atoms with van der Waals surface area (Å²) < 4.78 is 0. The summed E-state index contributed by atoms with van der Waals surface area (Å²) in [6.45, 7) is 7.31. The zero-order valence-corrected chi connectivity index (χ0v) is 17.8. The fraction of sp³-hybridized carbons (Fsp3) is 0.579. The monoisotopic (exact) mass is 411 g/mol. The van der Waals surface area contributed by atoms with Crippen LogP contribution in [0.25, 0.3) is 0 Å². The molecule has 3 atom stereocenters. The van der Waals surface area contributed by atoms with Gasteiger partial charge >= 0.3 is 0 Å². The van der Waals surface area contributed by atoms with Crippen LogP contribution in [0.3, 0.4) is 0 Å². The third kappa shape index (κ3) is 5.42. The minimum Gasteiger partial charge on any atom is -0.354 e. The van der Waals surface area contributed by atoms with E-state index in [1.165, 1.54) is 6.92 Å². The van der Waals surface area contributed by atoms with E-state index in [-0.39, 0.29) is 42.1 Å². The van der Waals surface area contributed by atoms with E-state index in [1.807, 2.05) is 26.0 Å². The second-order valence-electron chi connectivity index (χ2n) is 7.23. The first-order chi connectivity index (χ1) is 12.8. The highest BCUT2D eigenvalue weighted by Crippen LogP contribution is 2.31. The van der Waals surface area contributed by atoms with Gasteiger partial charge in [-0.15, -0.1) is 12.4 Å². The van der Waals surface area contributed by atoms with Gasteiger partial charge in [0.15, 0.2) is 0 Å². The Bertz CT molecular complexity index is 713. The van der Waals surface area contributed by atoms with E-state index in [2.05, 4.69) is 20.9 Å². The number of fused-ring (bicyclic) bond motifs is 1. The maximum atomic E-state index is 13.4. The van der Waals surface area contributed by atoms with Crippen LogP contribution < -0.4 is 20.9 Å². The number of carbonyl (C=O) groups excluding carboxylic acids is 3. The topological polar surface area (TPSA) is 103 Å². The van der Waals surface area contributed by atoms with E-state index < -0.39 is 12.1 Å². The molecule has 1 aromatic rings. The summed E-state index contributed by atoms with van der Waals surface area (Å²) in [6.07, 6.45) is 2.26. The molecule has 0 saturated carbocycles. The SMILES string of the molecule is CNC(C)C(=O)N[C@H](C(=O)N1c2ncccc2C[C@H]1CNC(C)=O)C(C)C.Cl. The third-order valence-electron chi connectivity index (χ3n) is 4.80. The number of likely N-dealkylation sites (N-methyl/N-ethyl adjacent to an activating group) is 1. The fourth-order valence-corrected chi connectivity index (χ4v) is 3.11. The molecule has 0 fully saturated rings. The van der Waals surface area contributed by atoms with Crippen molar-refractivity contribution < 1.29 is 14.4 Å². The number of hydrogen-bond acceptors (Lipinski definition) is 5. The van der Waals surface area contributed by atoms with E-state index in [4.69, 9.17) is 0 Å². The molecule has 1 unspecified atom stereocenters. The molecule has 0 bridgehead atoms. The second-order valence-corrected chi connectivity index (χ2v) is 7.23. The summed E-state index contributed by atoms with van der Waals surface area (Å²) in [6, 6.07) is 2.45. The van der Waals surface area contributed by atoms with Crippen molar-refractivity contribution in [3.05, 3.63) is 23.9 Å². The molecular weight excluding hydrogens is 382 g/mol. The van der Waals surface area contributed by atoms with Crippen molar-refractivity contribution in [2.24, 2.45) is 5.92 Å². The lowest BCUT2D eigenvalue weighted by molar-refractivity contribution is -0.129. The van der Waals surface area contributed by atoms with Gasteiger partial charge in [0.05, 0.1) is 12.1 Å². The molecule has 8 nitrogen and oxygen atoms in total. The van der Waals surface area contributed by atoms with Crippen molar-refractivity contribution >= 4 is 35.9 Å². The number of halogens is 1. The van der Waals surface area contributed by atoms with Crippen molar-refractivity contribution in [1.29, 1.82) is 0 Å². The number of nitrogens with zero attached hydrogens (tertiary/aromatic N) is 2. The minimum absolute atomic E-state index is 0. The average molecular weight is 412 g/mol. The van der Waals surface area contributed by atoms with Crippen LogP contribution in [0.15, 0.2) is 18.3 Å². The summed E-state index contributed by atoms with van der Waals surface area (Å²) in [5, 5.41) is 8.52. The van der Waals surface area contributed by atoms with Gasteiger partial charge in [-0.1, -0.05) is 19.9 Å². The van der Waals surface area contributed by atoms with Crippen LogP contribution in [-0.2, 0) is 20.8 Å². The molecule has 1 aliphatic rings. The molecule has 3 amide bonds. The van der Waals surface area contributed by atoms with Crippen molar-refractivity contribution in [3.8, 4) is 0 Å². The van der Waals surface area contributed by atoms with Crippen LogP contribution in [-0.4, -0.2) is 54.4 Å². The first kappa shape index (κ1) is 23.8. The van der Waals surface area contributed by atoms with Crippen LogP contribution in [0.1, 0.15) is 33.3 Å². The molecule has 0 aromatic carbocycles. The van der Waals surface area contributed by atoms with E-state index in [1.54, 1.807) is 25.1 Å². The lowest BCUT2D eigenvalue weighted by atomic mass is 10.0. The van der Waals surface area contributed by atoms with Gasteiger partial charge in [-0.2, -0.15) is 0 Å². The van der Waals surface area contributed by atoms with Crippen LogP contribution in [0.4, 0.5) is 5.82 Å². The Morgan fingerprint density at radius 2 is 1.96 bits per heavy atom. The Kier molecular flexibility index (Phi) is 8.84. The number of anilines is 1. The summed E-state index contributed by atoms with van der Waals surface area (Å²) in [7, 11) is 1.69. The van der Waals surface area contributed by atoms with Crippen molar-refractivity contribution in [3.63, 3.8) is 0 Å². The standard InChI is InChI=1S/C19H29N5O3.ClH/c1-11(2)16(23-18(26)12(3)20-5)19(27)24-15(10-22-13(4)25)9-14-7-6-8-21-17(14)24;/h6-8,11-12,15-16,20H,9-10H2,1-5H3,(H,22,25)(H,23,26);1H/t12?,15-,16-;/m0./s1. The van der Waals surface area contributed by atoms with Gasteiger partial charge in [0.1, 0.15) is 11.9 Å². The predicted molar refractivity (Wildman–Crippen MR) is 110 cm³/mol. The van der Waals surface area contributed by atoms with Gasteiger partial charge in [-0.25, -0.2) is 4.98 Å². The highest BCUT2D eigenvalue weighted by Gasteiger charge is 2.39. The molecule has 2 heterocycles. The molecule has 3 N–H and O–H groups in total. The molecule has 0 radical (unpaired) electrons. The molecular formula is C19H30ClN5O3. The maximum absolute atomic E-state index is 13.4. The summed E-state index contributed by atoms with van der Waals surface area (Å²) in [5.41, 5.74) is 0.957. The zero-order chi connectivity index (χ0) is 20.1.